The lowest BCUT2D eigenvalue weighted by Gasteiger charge is -2.41. The molecule has 0 radical (unpaired) electrons. The molecule has 1 N–H and O–H groups in total. The van der Waals surface area contributed by atoms with Crippen molar-refractivity contribution in [2.24, 2.45) is 5.92 Å². The van der Waals surface area contributed by atoms with E-state index in [0.717, 1.165) is 19.1 Å². The Balaban J connectivity index is 1.76. The van der Waals surface area contributed by atoms with Crippen molar-refractivity contribution in [2.45, 2.75) is 71.1 Å². The first kappa shape index (κ1) is 15.3. The minimum absolute atomic E-state index is 0.526. The van der Waals surface area contributed by atoms with E-state index < -0.39 is 0 Å². The van der Waals surface area contributed by atoms with E-state index in [4.69, 9.17) is 4.74 Å². The number of ether oxygens (including phenoxy) is 1. The van der Waals surface area contributed by atoms with Gasteiger partial charge in [-0.3, -0.25) is 4.90 Å². The summed E-state index contributed by atoms with van der Waals surface area (Å²) in [6.45, 7) is 11.6. The number of nitrogens with one attached hydrogen (secondary N) is 1. The van der Waals surface area contributed by atoms with Crippen molar-refractivity contribution >= 4 is 0 Å². The molecule has 2 aliphatic rings. The molecule has 0 aromatic heterocycles. The molecule has 2 saturated heterocycles. The highest BCUT2D eigenvalue weighted by Crippen LogP contribution is 2.19. The summed E-state index contributed by atoms with van der Waals surface area (Å²) in [5, 5.41) is 3.71. The lowest BCUT2D eigenvalue weighted by Crippen LogP contribution is -2.57. The van der Waals surface area contributed by atoms with Crippen LogP contribution in [0.1, 0.15) is 52.9 Å². The first-order chi connectivity index (χ1) is 9.20. The Labute approximate surface area is 119 Å². The summed E-state index contributed by atoms with van der Waals surface area (Å²) in [4.78, 5) is 2.67. The third-order valence-corrected chi connectivity index (χ3v) is 5.07. The maximum absolute atomic E-state index is 5.86. The molecular weight excluding hydrogens is 236 g/mol. The lowest BCUT2D eigenvalue weighted by atomic mass is 9.95. The van der Waals surface area contributed by atoms with Crippen LogP contribution in [-0.2, 0) is 4.74 Å². The molecule has 0 amide bonds. The first-order valence-electron chi connectivity index (χ1n) is 8.29. The van der Waals surface area contributed by atoms with Crippen molar-refractivity contribution in [3.8, 4) is 0 Å². The number of hydrogen-bond acceptors (Lipinski definition) is 3. The Morgan fingerprint density at radius 1 is 1.37 bits per heavy atom. The van der Waals surface area contributed by atoms with E-state index in [-0.39, 0.29) is 0 Å². The van der Waals surface area contributed by atoms with E-state index in [0.29, 0.717) is 18.2 Å². The quantitative estimate of drug-likeness (QED) is 0.829. The maximum atomic E-state index is 5.86. The average Bonchev–Trinajstić information content (AvgIpc) is 2.46. The van der Waals surface area contributed by atoms with Crippen LogP contribution in [0.25, 0.3) is 0 Å². The molecule has 0 spiro atoms. The van der Waals surface area contributed by atoms with Gasteiger partial charge in [0.15, 0.2) is 0 Å². The summed E-state index contributed by atoms with van der Waals surface area (Å²) >= 11 is 0. The van der Waals surface area contributed by atoms with Gasteiger partial charge in [0, 0.05) is 38.3 Å². The third kappa shape index (κ3) is 4.44. The molecule has 0 aromatic rings. The molecule has 2 aliphatic heterocycles. The van der Waals surface area contributed by atoms with E-state index >= 15 is 0 Å². The van der Waals surface area contributed by atoms with Gasteiger partial charge in [0.2, 0.25) is 0 Å². The monoisotopic (exact) mass is 268 g/mol. The smallest absolute Gasteiger partial charge is 0.0587 e. The molecule has 3 heteroatoms. The molecule has 19 heavy (non-hydrogen) atoms. The molecular formula is C16H32N2O. The highest BCUT2D eigenvalue weighted by Gasteiger charge is 2.28. The molecule has 0 aliphatic carbocycles. The van der Waals surface area contributed by atoms with Crippen LogP contribution in [0.3, 0.4) is 0 Å². The molecule has 2 heterocycles. The molecule has 0 aromatic carbocycles. The zero-order chi connectivity index (χ0) is 13.7. The fourth-order valence-electron chi connectivity index (χ4n) is 3.27. The number of rotatable bonds is 5. The Morgan fingerprint density at radius 2 is 2.21 bits per heavy atom. The standard InChI is InChI=1S/C16H32N2O/c1-4-13(2)16-12-18(14(3)11-17-16)9-8-15-7-5-6-10-19-15/h13-17H,4-12H2,1-3H3. The third-order valence-electron chi connectivity index (χ3n) is 5.07. The van der Waals surface area contributed by atoms with Crippen molar-refractivity contribution in [3.63, 3.8) is 0 Å². The average molecular weight is 268 g/mol. The molecule has 4 atom stereocenters. The van der Waals surface area contributed by atoms with Crippen LogP contribution in [-0.4, -0.2) is 49.3 Å². The normalized spacial score (nSPS) is 35.2. The minimum atomic E-state index is 0.526. The summed E-state index contributed by atoms with van der Waals surface area (Å²) in [5.74, 6) is 0.779. The zero-order valence-electron chi connectivity index (χ0n) is 13.0. The van der Waals surface area contributed by atoms with E-state index in [1.807, 2.05) is 0 Å². The van der Waals surface area contributed by atoms with Gasteiger partial charge in [-0.05, 0) is 38.5 Å². The van der Waals surface area contributed by atoms with Gasteiger partial charge in [-0.15, -0.1) is 0 Å². The van der Waals surface area contributed by atoms with Gasteiger partial charge in [0.1, 0.15) is 0 Å². The predicted octanol–water partition coefficient (Wildman–Crippen LogP) is 2.65. The molecule has 3 nitrogen and oxygen atoms in total. The fourth-order valence-corrected chi connectivity index (χ4v) is 3.27. The first-order valence-corrected chi connectivity index (χ1v) is 8.29. The van der Waals surface area contributed by atoms with Crippen molar-refractivity contribution in [1.82, 2.24) is 10.2 Å². The van der Waals surface area contributed by atoms with Gasteiger partial charge in [0.05, 0.1) is 6.10 Å². The van der Waals surface area contributed by atoms with Crippen LogP contribution >= 0.6 is 0 Å². The van der Waals surface area contributed by atoms with E-state index in [1.165, 1.54) is 45.2 Å². The summed E-state index contributed by atoms with van der Waals surface area (Å²) in [6, 6.07) is 1.34. The van der Waals surface area contributed by atoms with Gasteiger partial charge in [0.25, 0.3) is 0 Å². The van der Waals surface area contributed by atoms with Gasteiger partial charge in [-0.1, -0.05) is 20.3 Å². The fraction of sp³-hybridized carbons (Fsp3) is 1.00. The highest BCUT2D eigenvalue weighted by molar-refractivity contribution is 4.86. The van der Waals surface area contributed by atoms with Gasteiger partial charge in [-0.2, -0.15) is 0 Å². The van der Waals surface area contributed by atoms with Crippen LogP contribution in [0.15, 0.2) is 0 Å². The molecule has 0 saturated carbocycles. The van der Waals surface area contributed by atoms with Gasteiger partial charge < -0.3 is 10.1 Å². The van der Waals surface area contributed by atoms with Crippen LogP contribution in [0.5, 0.6) is 0 Å². The molecule has 4 unspecified atom stereocenters. The molecule has 112 valence electrons. The lowest BCUT2D eigenvalue weighted by molar-refractivity contribution is -0.000359. The summed E-state index contributed by atoms with van der Waals surface area (Å²) in [7, 11) is 0. The second-order valence-electron chi connectivity index (χ2n) is 6.52. The van der Waals surface area contributed by atoms with Crippen molar-refractivity contribution in [1.29, 1.82) is 0 Å². The van der Waals surface area contributed by atoms with Crippen molar-refractivity contribution in [2.75, 3.05) is 26.2 Å². The van der Waals surface area contributed by atoms with Crippen LogP contribution in [0.2, 0.25) is 0 Å². The Hall–Kier alpha value is -0.120. The van der Waals surface area contributed by atoms with Gasteiger partial charge in [-0.25, -0.2) is 0 Å². The van der Waals surface area contributed by atoms with E-state index in [9.17, 15) is 0 Å². The second-order valence-corrected chi connectivity index (χ2v) is 6.52. The van der Waals surface area contributed by atoms with Crippen molar-refractivity contribution in [3.05, 3.63) is 0 Å². The molecule has 2 fully saturated rings. The van der Waals surface area contributed by atoms with Crippen LogP contribution in [0, 0.1) is 5.92 Å². The minimum Gasteiger partial charge on any atom is -0.378 e. The molecule has 0 bridgehead atoms. The van der Waals surface area contributed by atoms with E-state index in [2.05, 4.69) is 31.0 Å². The number of piperazine rings is 1. The Bertz CT molecular complexity index is 253. The largest absolute Gasteiger partial charge is 0.378 e. The summed E-state index contributed by atoms with van der Waals surface area (Å²) < 4.78 is 5.86. The van der Waals surface area contributed by atoms with Gasteiger partial charge >= 0.3 is 0 Å². The highest BCUT2D eigenvalue weighted by atomic mass is 16.5. The number of hydrogen-bond donors (Lipinski definition) is 1. The molecule has 2 rings (SSSR count). The Kier molecular flexibility index (Phi) is 6.11. The Morgan fingerprint density at radius 3 is 2.89 bits per heavy atom. The summed E-state index contributed by atoms with van der Waals surface area (Å²) in [6.07, 6.45) is 6.91. The van der Waals surface area contributed by atoms with Crippen LogP contribution in [0.4, 0.5) is 0 Å². The van der Waals surface area contributed by atoms with E-state index in [1.54, 1.807) is 0 Å². The maximum Gasteiger partial charge on any atom is 0.0587 e. The van der Waals surface area contributed by atoms with Crippen LogP contribution < -0.4 is 5.32 Å². The van der Waals surface area contributed by atoms with Crippen molar-refractivity contribution < 1.29 is 4.74 Å². The summed E-state index contributed by atoms with van der Waals surface area (Å²) in [5.41, 5.74) is 0. The predicted molar refractivity (Wildman–Crippen MR) is 80.5 cm³/mol. The second kappa shape index (κ2) is 7.61. The zero-order valence-corrected chi connectivity index (χ0v) is 13.0. The number of nitrogens with zero attached hydrogens (tertiary/aromatic N) is 1. The SMILES string of the molecule is CCC(C)C1CN(CCC2CCCCO2)C(C)CN1. The topological polar surface area (TPSA) is 24.5 Å².